The Labute approximate surface area is 199 Å². The summed E-state index contributed by atoms with van der Waals surface area (Å²) in [7, 11) is 5.57. The minimum absolute atomic E-state index is 0.0296. The maximum atomic E-state index is 12.5. The minimum Gasteiger partial charge on any atom is -0.383 e. The van der Waals surface area contributed by atoms with Crippen LogP contribution in [0, 0.1) is 5.92 Å². The van der Waals surface area contributed by atoms with Crippen LogP contribution in [0.15, 0.2) is 0 Å². The molecule has 0 aromatic carbocycles. The smallest absolute Gasteiger partial charge is 0.236 e. The number of hydrogen-bond donors (Lipinski definition) is 1. The first-order chi connectivity index (χ1) is 15.7. The maximum Gasteiger partial charge on any atom is 0.236 e. The Morgan fingerprint density at radius 3 is 2.45 bits per heavy atom. The molecule has 1 amide bonds. The highest BCUT2D eigenvalue weighted by molar-refractivity contribution is 5.92. The number of nitrogens with one attached hydrogen (secondary N) is 1. The number of carbonyl (C=O) groups excluding carboxylic acids is 3. The lowest BCUT2D eigenvalue weighted by Gasteiger charge is -2.47. The average Bonchev–Trinajstić information content (AvgIpc) is 3.65. The van der Waals surface area contributed by atoms with E-state index in [1.807, 2.05) is 11.8 Å². The summed E-state index contributed by atoms with van der Waals surface area (Å²) in [4.78, 5) is 39.8. The first kappa shape index (κ1) is 27.9. The summed E-state index contributed by atoms with van der Waals surface area (Å²) in [6.45, 7) is 7.17. The molecule has 0 bridgehead atoms. The number of carbonyl (C=O) groups is 3. The summed E-state index contributed by atoms with van der Waals surface area (Å²) in [5.41, 5.74) is -0.466. The number of ether oxygens (including phenoxy) is 2. The lowest BCUT2D eigenvalue weighted by atomic mass is 9.85. The van der Waals surface area contributed by atoms with Crippen molar-refractivity contribution >= 4 is 18.0 Å². The van der Waals surface area contributed by atoms with Crippen LogP contribution in [-0.4, -0.2) is 99.0 Å². The van der Waals surface area contributed by atoms with Crippen molar-refractivity contribution in [2.24, 2.45) is 5.92 Å². The fourth-order valence-corrected chi connectivity index (χ4v) is 4.66. The minimum atomic E-state index is -0.548. The molecule has 0 radical (unpaired) electrons. The van der Waals surface area contributed by atoms with E-state index in [4.69, 9.17) is 9.47 Å². The molecule has 1 saturated heterocycles. The van der Waals surface area contributed by atoms with Gasteiger partial charge in [-0.15, -0.1) is 0 Å². The van der Waals surface area contributed by atoms with E-state index in [1.165, 1.54) is 12.8 Å². The highest BCUT2D eigenvalue weighted by atomic mass is 16.5. The van der Waals surface area contributed by atoms with Gasteiger partial charge in [0.1, 0.15) is 12.1 Å². The van der Waals surface area contributed by atoms with Crippen LogP contribution in [0.25, 0.3) is 0 Å². The van der Waals surface area contributed by atoms with Gasteiger partial charge in [-0.25, -0.2) is 0 Å². The Balaban J connectivity index is 1.82. The van der Waals surface area contributed by atoms with Crippen LogP contribution >= 0.6 is 0 Å². The molecule has 0 aromatic heterocycles. The average molecular weight is 468 g/mol. The molecule has 2 atom stereocenters. The molecule has 0 aromatic rings. The van der Waals surface area contributed by atoms with Crippen LogP contribution in [-0.2, 0) is 23.9 Å². The van der Waals surface area contributed by atoms with Crippen LogP contribution in [0.5, 0.6) is 0 Å². The second kappa shape index (κ2) is 12.9. The molecule has 1 N–H and O–H groups in total. The van der Waals surface area contributed by atoms with Crippen LogP contribution < -0.4 is 5.32 Å². The predicted molar refractivity (Wildman–Crippen MR) is 128 cm³/mol. The molecule has 1 unspecified atom stereocenters. The highest BCUT2D eigenvalue weighted by Gasteiger charge is 2.39. The molecule has 8 heteroatoms. The van der Waals surface area contributed by atoms with E-state index < -0.39 is 11.5 Å². The second-order valence-corrected chi connectivity index (χ2v) is 10.3. The Bertz CT molecular complexity index is 646. The Kier molecular flexibility index (Phi) is 10.9. The zero-order chi connectivity index (χ0) is 24.5. The topological polar surface area (TPSA) is 88.2 Å². The van der Waals surface area contributed by atoms with Crippen molar-refractivity contribution in [3.8, 4) is 0 Å². The van der Waals surface area contributed by atoms with Gasteiger partial charge >= 0.3 is 0 Å². The number of methoxy groups -OCH3 is 2. The molecule has 8 nitrogen and oxygen atoms in total. The molecular formula is C25H45N3O5. The van der Waals surface area contributed by atoms with Crippen molar-refractivity contribution in [1.82, 2.24) is 15.1 Å². The summed E-state index contributed by atoms with van der Waals surface area (Å²) in [5, 5.41) is 3.32. The fourth-order valence-electron chi connectivity index (χ4n) is 4.66. The Morgan fingerprint density at radius 1 is 1.24 bits per heavy atom. The maximum absolute atomic E-state index is 12.5. The van der Waals surface area contributed by atoms with Crippen molar-refractivity contribution in [2.75, 3.05) is 54.1 Å². The lowest BCUT2D eigenvalue weighted by Crippen LogP contribution is -2.58. The summed E-state index contributed by atoms with van der Waals surface area (Å²) in [5.74, 6) is -0.378. The Morgan fingerprint density at radius 2 is 1.91 bits per heavy atom. The number of hydrogen-bond acceptors (Lipinski definition) is 7. The molecule has 2 fully saturated rings. The number of Topliss-reactive ketones (excluding diaryl/α,β-unsaturated/α-hetero) is 1. The van der Waals surface area contributed by atoms with Crippen LogP contribution in [0.4, 0.5) is 0 Å². The van der Waals surface area contributed by atoms with E-state index in [9.17, 15) is 14.4 Å². The molecule has 2 aliphatic rings. The van der Waals surface area contributed by atoms with E-state index in [0.29, 0.717) is 38.3 Å². The zero-order valence-electron chi connectivity index (χ0n) is 21.4. The molecule has 1 saturated carbocycles. The zero-order valence-corrected chi connectivity index (χ0v) is 21.4. The number of amides is 1. The van der Waals surface area contributed by atoms with Gasteiger partial charge in [-0.2, -0.15) is 0 Å². The van der Waals surface area contributed by atoms with Gasteiger partial charge in [0.05, 0.1) is 24.7 Å². The standard InChI is InChI=1S/C25H45N3O5/c1-20(18-29)22(30)9-11-24(2,33-5)10-6-14-27(3)25(19-32-4)12-15-28(16-13-25)23(31)17-26-21-7-8-21/h18,20-21,26H,6-17,19H2,1-5H3/t20?,24-/m1/s1. The summed E-state index contributed by atoms with van der Waals surface area (Å²) in [6.07, 6.45) is 7.59. The lowest BCUT2D eigenvalue weighted by molar-refractivity contribution is -0.134. The van der Waals surface area contributed by atoms with Gasteiger partial charge in [-0.1, -0.05) is 0 Å². The molecule has 1 aliphatic heterocycles. The number of rotatable bonds is 16. The predicted octanol–water partition coefficient (Wildman–Crippen LogP) is 2.05. The Hall–Kier alpha value is -1.35. The molecule has 1 heterocycles. The molecule has 2 rings (SSSR count). The van der Waals surface area contributed by atoms with Gasteiger partial charge < -0.3 is 24.5 Å². The highest BCUT2D eigenvalue weighted by Crippen LogP contribution is 2.30. The molecular weight excluding hydrogens is 422 g/mol. The summed E-state index contributed by atoms with van der Waals surface area (Å²) >= 11 is 0. The third-order valence-corrected chi connectivity index (χ3v) is 7.69. The monoisotopic (exact) mass is 467 g/mol. The fraction of sp³-hybridized carbons (Fsp3) is 0.880. The van der Waals surface area contributed by atoms with Crippen LogP contribution in [0.1, 0.15) is 65.2 Å². The summed E-state index contributed by atoms with van der Waals surface area (Å²) < 4.78 is 11.4. The largest absolute Gasteiger partial charge is 0.383 e. The molecule has 1 aliphatic carbocycles. The van der Waals surface area contributed by atoms with Crippen molar-refractivity contribution in [1.29, 1.82) is 0 Å². The first-order valence-corrected chi connectivity index (χ1v) is 12.4. The normalized spacial score (nSPS) is 21.0. The number of nitrogens with zero attached hydrogens (tertiary/aromatic N) is 2. The van der Waals surface area contributed by atoms with Crippen molar-refractivity contribution in [2.45, 2.75) is 82.4 Å². The van der Waals surface area contributed by atoms with Gasteiger partial charge in [0, 0.05) is 45.3 Å². The van der Waals surface area contributed by atoms with Gasteiger partial charge in [0.15, 0.2) is 0 Å². The van der Waals surface area contributed by atoms with Gasteiger partial charge in [0.25, 0.3) is 0 Å². The van der Waals surface area contributed by atoms with E-state index in [2.05, 4.69) is 17.3 Å². The molecule has 33 heavy (non-hydrogen) atoms. The van der Waals surface area contributed by atoms with E-state index in [0.717, 1.165) is 45.3 Å². The number of aldehydes is 1. The van der Waals surface area contributed by atoms with Gasteiger partial charge in [-0.05, 0) is 72.4 Å². The van der Waals surface area contributed by atoms with Crippen molar-refractivity contribution < 1.29 is 23.9 Å². The third-order valence-electron chi connectivity index (χ3n) is 7.69. The van der Waals surface area contributed by atoms with Crippen LogP contribution in [0.3, 0.4) is 0 Å². The summed E-state index contributed by atoms with van der Waals surface area (Å²) in [6, 6.07) is 0.543. The third kappa shape index (κ3) is 8.42. The number of ketones is 1. The molecule has 190 valence electrons. The number of likely N-dealkylation sites (N-methyl/N-ethyl adjacent to an activating group) is 1. The van der Waals surface area contributed by atoms with E-state index in [-0.39, 0.29) is 17.2 Å². The number of likely N-dealkylation sites (tertiary alicyclic amines) is 1. The van der Waals surface area contributed by atoms with Crippen molar-refractivity contribution in [3.05, 3.63) is 0 Å². The second-order valence-electron chi connectivity index (χ2n) is 10.3. The van der Waals surface area contributed by atoms with Crippen molar-refractivity contribution in [3.63, 3.8) is 0 Å². The van der Waals surface area contributed by atoms with Crippen LogP contribution in [0.2, 0.25) is 0 Å². The first-order valence-electron chi connectivity index (χ1n) is 12.4. The quantitative estimate of drug-likeness (QED) is 0.275. The SMILES string of the molecule is COCC1(N(C)CCC[C@](C)(CCC(=O)C(C)C=O)OC)CCN(C(=O)CNC2CC2)CC1. The van der Waals surface area contributed by atoms with E-state index >= 15 is 0 Å². The number of piperidine rings is 1. The van der Waals surface area contributed by atoms with Gasteiger partial charge in [-0.3, -0.25) is 14.5 Å². The molecule has 0 spiro atoms. The van der Waals surface area contributed by atoms with Gasteiger partial charge in [0.2, 0.25) is 5.91 Å². The van der Waals surface area contributed by atoms with E-state index in [1.54, 1.807) is 21.1 Å².